The average Bonchev–Trinajstić information content (AvgIpc) is 3.03. The lowest BCUT2D eigenvalue weighted by Gasteiger charge is -2.38. The van der Waals surface area contributed by atoms with E-state index < -0.39 is 0 Å². The van der Waals surface area contributed by atoms with E-state index in [2.05, 4.69) is 5.16 Å². The quantitative estimate of drug-likeness (QED) is 0.787. The Morgan fingerprint density at radius 1 is 1.19 bits per heavy atom. The third kappa shape index (κ3) is 2.63. The third-order valence-corrected chi connectivity index (χ3v) is 4.97. The van der Waals surface area contributed by atoms with Crippen molar-refractivity contribution in [2.75, 3.05) is 4.90 Å². The highest BCUT2D eigenvalue weighted by Crippen LogP contribution is 2.38. The first-order chi connectivity index (χ1) is 12.6. The first kappa shape index (κ1) is 16.3. The van der Waals surface area contributed by atoms with Crippen molar-refractivity contribution in [3.8, 4) is 0 Å². The number of amides is 2. The molecule has 0 saturated carbocycles. The fourth-order valence-corrected chi connectivity index (χ4v) is 3.76. The monoisotopic (exact) mass is 349 g/mol. The number of fused-ring (bicyclic) bond motifs is 2. The molecule has 1 aliphatic heterocycles. The Hall–Kier alpha value is -3.15. The maximum atomic E-state index is 13.1. The van der Waals surface area contributed by atoms with Gasteiger partial charge in [0.05, 0.1) is 12.3 Å². The van der Waals surface area contributed by atoms with Crippen LogP contribution in [0.4, 0.5) is 5.69 Å². The number of carbonyl (C=O) groups is 2. The predicted octanol–water partition coefficient (Wildman–Crippen LogP) is 2.76. The molecule has 0 radical (unpaired) electrons. The lowest BCUT2D eigenvalue weighted by atomic mass is 9.85. The molecule has 2 atom stereocenters. The number of hydrogen-bond acceptors (Lipinski definition) is 4. The van der Waals surface area contributed by atoms with Gasteiger partial charge in [-0.05, 0) is 37.1 Å². The van der Waals surface area contributed by atoms with E-state index >= 15 is 0 Å². The molecule has 3 aromatic rings. The van der Waals surface area contributed by atoms with Crippen LogP contribution in [0.2, 0.25) is 0 Å². The summed E-state index contributed by atoms with van der Waals surface area (Å²) in [6.45, 7) is 1.94. The van der Waals surface area contributed by atoms with Crippen LogP contribution in [0.3, 0.4) is 0 Å². The highest BCUT2D eigenvalue weighted by atomic mass is 16.5. The van der Waals surface area contributed by atoms with Gasteiger partial charge in [0.2, 0.25) is 11.8 Å². The van der Waals surface area contributed by atoms with E-state index in [0.717, 1.165) is 16.6 Å². The van der Waals surface area contributed by atoms with Crippen LogP contribution in [0.1, 0.15) is 30.5 Å². The smallest absolute Gasteiger partial charge is 0.233 e. The predicted molar refractivity (Wildman–Crippen MR) is 97.7 cm³/mol. The van der Waals surface area contributed by atoms with Gasteiger partial charge in [-0.3, -0.25) is 9.59 Å². The van der Waals surface area contributed by atoms with Gasteiger partial charge in [0.15, 0.2) is 5.58 Å². The lowest BCUT2D eigenvalue weighted by Crippen LogP contribution is -2.46. The molecule has 0 spiro atoms. The number of aromatic nitrogens is 1. The first-order valence-corrected chi connectivity index (χ1v) is 8.60. The largest absolute Gasteiger partial charge is 0.369 e. The molecule has 2 aromatic carbocycles. The maximum Gasteiger partial charge on any atom is 0.233 e. The molecule has 132 valence electrons. The van der Waals surface area contributed by atoms with E-state index in [9.17, 15) is 9.59 Å². The summed E-state index contributed by atoms with van der Waals surface area (Å²) in [6, 6.07) is 14.8. The molecule has 2 amide bonds. The molecule has 0 aliphatic carbocycles. The summed E-state index contributed by atoms with van der Waals surface area (Å²) in [4.78, 5) is 26.7. The minimum Gasteiger partial charge on any atom is -0.369 e. The second-order valence-corrected chi connectivity index (χ2v) is 6.66. The van der Waals surface area contributed by atoms with Crippen molar-refractivity contribution in [1.82, 2.24) is 5.16 Å². The van der Waals surface area contributed by atoms with Crippen molar-refractivity contribution >= 4 is 28.5 Å². The summed E-state index contributed by atoms with van der Waals surface area (Å²) in [5, 5.41) is 4.90. The van der Waals surface area contributed by atoms with Crippen molar-refractivity contribution in [2.45, 2.75) is 31.7 Å². The SMILES string of the molecule is CC1CC(C(N)=O)c2ccccc2N1C(=O)Cc1noc2ccccc12. The highest BCUT2D eigenvalue weighted by Gasteiger charge is 2.36. The number of carbonyl (C=O) groups excluding carboxylic acids is 2. The Bertz CT molecular complexity index is 995. The Balaban J connectivity index is 1.69. The van der Waals surface area contributed by atoms with E-state index in [0.29, 0.717) is 17.7 Å². The summed E-state index contributed by atoms with van der Waals surface area (Å²) in [5.41, 5.74) is 8.40. The number of primary amides is 1. The number of nitrogens with zero attached hydrogens (tertiary/aromatic N) is 2. The van der Waals surface area contributed by atoms with Gasteiger partial charge in [0, 0.05) is 17.1 Å². The van der Waals surface area contributed by atoms with Gasteiger partial charge in [-0.15, -0.1) is 0 Å². The molecule has 0 fully saturated rings. The number of anilines is 1. The number of rotatable bonds is 3. The van der Waals surface area contributed by atoms with Crippen molar-refractivity contribution < 1.29 is 14.1 Å². The van der Waals surface area contributed by atoms with Crippen LogP contribution in [0, 0.1) is 0 Å². The second-order valence-electron chi connectivity index (χ2n) is 6.66. The van der Waals surface area contributed by atoms with Crippen molar-refractivity contribution in [3.05, 3.63) is 59.8 Å². The summed E-state index contributed by atoms with van der Waals surface area (Å²) < 4.78 is 5.30. The number of hydrogen-bond donors (Lipinski definition) is 1. The normalized spacial score (nSPS) is 19.3. The number of para-hydroxylation sites is 2. The Kier molecular flexibility index (Phi) is 3.95. The van der Waals surface area contributed by atoms with Crippen LogP contribution >= 0.6 is 0 Å². The topological polar surface area (TPSA) is 89.4 Å². The summed E-state index contributed by atoms with van der Waals surface area (Å²) in [7, 11) is 0. The molecule has 6 nitrogen and oxygen atoms in total. The maximum absolute atomic E-state index is 13.1. The number of benzene rings is 2. The molecular formula is C20H19N3O3. The molecule has 2 unspecified atom stereocenters. The van der Waals surface area contributed by atoms with Crippen LogP contribution in [0.5, 0.6) is 0 Å². The second kappa shape index (κ2) is 6.29. The van der Waals surface area contributed by atoms with Gasteiger partial charge in [0.1, 0.15) is 5.69 Å². The van der Waals surface area contributed by atoms with Gasteiger partial charge in [-0.1, -0.05) is 35.5 Å². The van der Waals surface area contributed by atoms with Crippen molar-refractivity contribution in [1.29, 1.82) is 0 Å². The summed E-state index contributed by atoms with van der Waals surface area (Å²) in [5.74, 6) is -0.816. The zero-order chi connectivity index (χ0) is 18.3. The molecule has 2 N–H and O–H groups in total. The fourth-order valence-electron chi connectivity index (χ4n) is 3.76. The molecule has 6 heteroatoms. The van der Waals surface area contributed by atoms with Gasteiger partial charge >= 0.3 is 0 Å². The summed E-state index contributed by atoms with van der Waals surface area (Å²) in [6.07, 6.45) is 0.647. The van der Waals surface area contributed by atoms with Crippen molar-refractivity contribution in [3.63, 3.8) is 0 Å². The van der Waals surface area contributed by atoms with Crippen LogP contribution < -0.4 is 10.6 Å². The molecule has 2 heterocycles. The minimum atomic E-state index is -0.377. The van der Waals surface area contributed by atoms with E-state index in [1.807, 2.05) is 55.5 Å². The van der Waals surface area contributed by atoms with E-state index in [4.69, 9.17) is 10.3 Å². The fraction of sp³-hybridized carbons (Fsp3) is 0.250. The van der Waals surface area contributed by atoms with E-state index in [1.54, 1.807) is 4.90 Å². The summed E-state index contributed by atoms with van der Waals surface area (Å²) >= 11 is 0. The Labute approximate surface area is 150 Å². The van der Waals surface area contributed by atoms with Crippen molar-refractivity contribution in [2.24, 2.45) is 5.73 Å². The highest BCUT2D eigenvalue weighted by molar-refractivity contribution is 5.99. The molecule has 1 aliphatic rings. The lowest BCUT2D eigenvalue weighted by molar-refractivity contribution is -0.121. The minimum absolute atomic E-state index is 0.0769. The molecular weight excluding hydrogens is 330 g/mol. The third-order valence-electron chi connectivity index (χ3n) is 4.97. The Morgan fingerprint density at radius 3 is 2.73 bits per heavy atom. The zero-order valence-electron chi connectivity index (χ0n) is 14.4. The van der Waals surface area contributed by atoms with Crippen LogP contribution in [-0.4, -0.2) is 23.0 Å². The molecule has 26 heavy (non-hydrogen) atoms. The van der Waals surface area contributed by atoms with Crippen LogP contribution in [-0.2, 0) is 16.0 Å². The van der Waals surface area contributed by atoms with E-state index in [1.165, 1.54) is 0 Å². The molecule has 1 aromatic heterocycles. The van der Waals surface area contributed by atoms with E-state index in [-0.39, 0.29) is 30.2 Å². The number of nitrogens with two attached hydrogens (primary N) is 1. The van der Waals surface area contributed by atoms with Crippen LogP contribution in [0.15, 0.2) is 53.1 Å². The average molecular weight is 349 g/mol. The molecule has 0 saturated heterocycles. The standard InChI is InChI=1S/C20H19N3O3/c1-12-10-15(20(21)25)13-6-2-4-8-17(13)23(12)19(24)11-16-14-7-3-5-9-18(14)26-22-16/h2-9,12,15H,10-11H2,1H3,(H2,21,25). The van der Waals surface area contributed by atoms with Crippen LogP contribution in [0.25, 0.3) is 11.0 Å². The van der Waals surface area contributed by atoms with Gasteiger partial charge in [0.25, 0.3) is 0 Å². The van der Waals surface area contributed by atoms with Gasteiger partial charge < -0.3 is 15.2 Å². The van der Waals surface area contributed by atoms with Gasteiger partial charge in [-0.25, -0.2) is 0 Å². The zero-order valence-corrected chi connectivity index (χ0v) is 14.4. The Morgan fingerprint density at radius 2 is 1.92 bits per heavy atom. The van der Waals surface area contributed by atoms with Gasteiger partial charge in [-0.2, -0.15) is 0 Å². The first-order valence-electron chi connectivity index (χ1n) is 8.60. The molecule has 0 bridgehead atoms. The molecule has 4 rings (SSSR count).